The summed E-state index contributed by atoms with van der Waals surface area (Å²) >= 11 is 1.93. The standard InChI is InChI=1S/C64H60BPS/c1-41-29-43(3)61(44(4)30-41)65(62-45(5)31-42(2)32-46(62)6)53-24-28-60-58(35-53)57-34-50(19-27-59(57)67-60)49-17-20-51(21-18-49)63-36-47-33-48(37-63)39-64(38-47,40-63)52-22-25-56(26-23-52)66(54-13-9-7-10-14-54)55-15-11-8-12-16-55/h7-32,34-35,47-48H,33,36-40H2,1-6H3. The lowest BCUT2D eigenvalue weighted by Gasteiger charge is -2.63. The number of benzene rings is 8. The molecule has 0 amide bonds. The quantitative estimate of drug-likeness (QED) is 0.100. The van der Waals surface area contributed by atoms with E-state index < -0.39 is 7.92 Å². The Labute approximate surface area is 404 Å². The molecule has 1 heterocycles. The van der Waals surface area contributed by atoms with Crippen LogP contribution in [0.25, 0.3) is 31.3 Å². The van der Waals surface area contributed by atoms with Gasteiger partial charge in [0.2, 0.25) is 6.71 Å². The molecule has 13 rings (SSSR count). The molecule has 4 bridgehead atoms. The molecule has 4 aliphatic carbocycles. The first kappa shape index (κ1) is 42.8. The van der Waals surface area contributed by atoms with E-state index in [4.69, 9.17) is 0 Å². The molecule has 0 saturated heterocycles. The van der Waals surface area contributed by atoms with E-state index in [1.807, 2.05) is 11.3 Å². The van der Waals surface area contributed by atoms with Crippen molar-refractivity contribution in [2.24, 2.45) is 11.8 Å². The van der Waals surface area contributed by atoms with Crippen molar-refractivity contribution in [1.82, 2.24) is 0 Å². The van der Waals surface area contributed by atoms with Crippen LogP contribution in [-0.2, 0) is 10.8 Å². The van der Waals surface area contributed by atoms with E-state index >= 15 is 0 Å². The zero-order valence-electron chi connectivity index (χ0n) is 40.0. The molecule has 4 fully saturated rings. The summed E-state index contributed by atoms with van der Waals surface area (Å²) in [5.41, 5.74) is 18.7. The van der Waals surface area contributed by atoms with E-state index in [1.54, 1.807) is 11.1 Å². The summed E-state index contributed by atoms with van der Waals surface area (Å²) in [5, 5.41) is 7.02. The van der Waals surface area contributed by atoms with Crippen molar-refractivity contribution in [3.8, 4) is 11.1 Å². The fourth-order valence-electron chi connectivity index (χ4n) is 14.4. The molecule has 0 radical (unpaired) electrons. The highest BCUT2D eigenvalue weighted by atomic mass is 32.1. The number of thiophene rings is 1. The lowest BCUT2D eigenvalue weighted by atomic mass is 9.34. The highest BCUT2D eigenvalue weighted by Crippen LogP contribution is 2.66. The van der Waals surface area contributed by atoms with Crippen molar-refractivity contribution in [2.45, 2.75) is 90.9 Å². The second-order valence-electron chi connectivity index (χ2n) is 21.3. The van der Waals surface area contributed by atoms with Crippen molar-refractivity contribution in [3.05, 3.63) is 214 Å². The third-order valence-electron chi connectivity index (χ3n) is 16.5. The second-order valence-corrected chi connectivity index (χ2v) is 24.6. The molecule has 2 atom stereocenters. The molecule has 9 aromatic rings. The predicted octanol–water partition coefficient (Wildman–Crippen LogP) is 13.6. The van der Waals surface area contributed by atoms with E-state index in [2.05, 4.69) is 211 Å². The molecule has 0 nitrogen and oxygen atoms in total. The van der Waals surface area contributed by atoms with Crippen LogP contribution in [0.1, 0.15) is 83.0 Å². The Morgan fingerprint density at radius 3 is 1.39 bits per heavy atom. The van der Waals surface area contributed by atoms with Gasteiger partial charge in [-0.1, -0.05) is 201 Å². The smallest absolute Gasteiger partial charge is 0.135 e. The molecule has 8 aromatic carbocycles. The van der Waals surface area contributed by atoms with Crippen LogP contribution < -0.4 is 32.3 Å². The highest BCUT2D eigenvalue weighted by Gasteiger charge is 2.58. The summed E-state index contributed by atoms with van der Waals surface area (Å²) in [4.78, 5) is 0. The molecule has 3 heteroatoms. The summed E-state index contributed by atoms with van der Waals surface area (Å²) in [6, 6.07) is 66.4. The van der Waals surface area contributed by atoms with Gasteiger partial charge in [-0.15, -0.1) is 11.3 Å². The molecular formula is C64H60BPS. The van der Waals surface area contributed by atoms with Gasteiger partial charge in [0.05, 0.1) is 0 Å². The fraction of sp³-hybridized carbons (Fsp3) is 0.250. The zero-order chi connectivity index (χ0) is 45.6. The van der Waals surface area contributed by atoms with E-state index in [-0.39, 0.29) is 17.5 Å². The number of hydrogen-bond donors (Lipinski definition) is 0. The first-order chi connectivity index (χ1) is 32.5. The Hall–Kier alpha value is -5.53. The van der Waals surface area contributed by atoms with Crippen LogP contribution in [0.15, 0.2) is 170 Å². The largest absolute Gasteiger partial charge is 0.242 e. The maximum atomic E-state index is 2.54. The van der Waals surface area contributed by atoms with Crippen molar-refractivity contribution in [3.63, 3.8) is 0 Å². The predicted molar refractivity (Wildman–Crippen MR) is 294 cm³/mol. The van der Waals surface area contributed by atoms with Gasteiger partial charge in [-0.3, -0.25) is 0 Å². The summed E-state index contributed by atoms with van der Waals surface area (Å²) < 4.78 is 2.72. The molecule has 4 aliphatic rings. The molecule has 4 saturated carbocycles. The van der Waals surface area contributed by atoms with Gasteiger partial charge in [-0.25, -0.2) is 0 Å². The molecule has 330 valence electrons. The monoisotopic (exact) mass is 902 g/mol. The van der Waals surface area contributed by atoms with Gasteiger partial charge in [0.15, 0.2) is 0 Å². The molecule has 0 spiro atoms. The van der Waals surface area contributed by atoms with Crippen LogP contribution in [0.5, 0.6) is 0 Å². The van der Waals surface area contributed by atoms with Gasteiger partial charge >= 0.3 is 0 Å². The van der Waals surface area contributed by atoms with E-state index in [0.717, 1.165) is 11.8 Å². The van der Waals surface area contributed by atoms with E-state index in [1.165, 1.54) is 136 Å². The van der Waals surface area contributed by atoms with Crippen molar-refractivity contribution in [1.29, 1.82) is 0 Å². The lowest BCUT2D eigenvalue weighted by Crippen LogP contribution is -2.55. The van der Waals surface area contributed by atoms with Gasteiger partial charge in [0.25, 0.3) is 0 Å². The maximum absolute atomic E-state index is 2.54. The summed E-state index contributed by atoms with van der Waals surface area (Å²) in [7, 11) is -0.605. The van der Waals surface area contributed by atoms with E-state index in [9.17, 15) is 0 Å². The molecule has 67 heavy (non-hydrogen) atoms. The topological polar surface area (TPSA) is 0 Å². The third-order valence-corrected chi connectivity index (χ3v) is 20.1. The van der Waals surface area contributed by atoms with Gasteiger partial charge in [0.1, 0.15) is 0 Å². The average molecular weight is 903 g/mol. The SMILES string of the molecule is Cc1cc(C)c(B(c2ccc3sc4ccc(-c5ccc(C67CC8CC(C6)CC(c6ccc(P(c9ccccc9)c9ccccc9)cc6)(C8)C7)cc5)cc4c3c2)c2c(C)cc(C)cc2C)c(C)c1. The maximum Gasteiger partial charge on any atom is 0.242 e. The lowest BCUT2D eigenvalue weighted by molar-refractivity contribution is -0.0281. The van der Waals surface area contributed by atoms with Gasteiger partial charge in [0, 0.05) is 14.8 Å². The Balaban J connectivity index is 0.867. The molecule has 0 N–H and O–H groups in total. The first-order valence-corrected chi connectivity index (χ1v) is 26.9. The van der Waals surface area contributed by atoms with Crippen LogP contribution in [-0.4, -0.2) is 6.71 Å². The van der Waals surface area contributed by atoms with Crippen LogP contribution >= 0.6 is 19.3 Å². The van der Waals surface area contributed by atoms with Gasteiger partial charge in [-0.2, -0.15) is 0 Å². The minimum atomic E-state index is -0.605. The van der Waals surface area contributed by atoms with Crippen molar-refractivity contribution in [2.75, 3.05) is 0 Å². The average Bonchev–Trinajstić information content (AvgIpc) is 3.68. The minimum absolute atomic E-state index is 0.159. The molecule has 1 aromatic heterocycles. The Morgan fingerprint density at radius 1 is 0.448 bits per heavy atom. The van der Waals surface area contributed by atoms with Crippen molar-refractivity contribution < 1.29 is 0 Å². The summed E-state index contributed by atoms with van der Waals surface area (Å²) in [5.74, 6) is 1.62. The Bertz CT molecular complexity index is 3170. The molecule has 2 unspecified atom stereocenters. The second kappa shape index (κ2) is 16.6. The van der Waals surface area contributed by atoms with Crippen LogP contribution in [0, 0.1) is 53.4 Å². The fourth-order valence-corrected chi connectivity index (χ4v) is 17.8. The Kier molecular flexibility index (Phi) is 10.6. The summed E-state index contributed by atoms with van der Waals surface area (Å²) in [6.45, 7) is 13.9. The summed E-state index contributed by atoms with van der Waals surface area (Å²) in [6.07, 6.45) is 8.07. The minimum Gasteiger partial charge on any atom is -0.135 e. The first-order valence-electron chi connectivity index (χ1n) is 24.8. The number of rotatable bonds is 9. The van der Waals surface area contributed by atoms with Gasteiger partial charge < -0.3 is 0 Å². The van der Waals surface area contributed by atoms with Gasteiger partial charge in [-0.05, 0) is 172 Å². The molecule has 0 aliphatic heterocycles. The van der Waals surface area contributed by atoms with Crippen molar-refractivity contribution >= 4 is 78.4 Å². The Morgan fingerprint density at radius 2 is 0.881 bits per heavy atom. The number of aryl methyl sites for hydroxylation is 6. The number of hydrogen-bond acceptors (Lipinski definition) is 1. The number of fused-ring (bicyclic) bond motifs is 3. The van der Waals surface area contributed by atoms with Crippen LogP contribution in [0.3, 0.4) is 0 Å². The van der Waals surface area contributed by atoms with E-state index in [0.29, 0.717) is 0 Å². The third kappa shape index (κ3) is 7.46. The zero-order valence-corrected chi connectivity index (χ0v) is 41.7. The normalized spacial score (nSPS) is 20.9. The van der Waals surface area contributed by atoms with Crippen LogP contribution in [0.4, 0.5) is 0 Å². The van der Waals surface area contributed by atoms with Crippen LogP contribution in [0.2, 0.25) is 0 Å². The highest BCUT2D eigenvalue weighted by molar-refractivity contribution is 7.79. The molecular weight excluding hydrogens is 843 g/mol.